The number of nitrogens with one attached hydrogen (secondary N) is 1. The topological polar surface area (TPSA) is 28.2 Å². The number of pyridine rings is 1. The van der Waals surface area contributed by atoms with Crippen molar-refractivity contribution in [1.29, 1.82) is 0 Å². The molecule has 0 saturated heterocycles. The number of aromatic nitrogens is 1. The summed E-state index contributed by atoms with van der Waals surface area (Å²) in [7, 11) is 2.12. The van der Waals surface area contributed by atoms with Crippen LogP contribution in [0.25, 0.3) is 0 Å². The highest BCUT2D eigenvalue weighted by Gasteiger charge is 2.07. The Morgan fingerprint density at radius 3 is 2.61 bits per heavy atom. The van der Waals surface area contributed by atoms with Gasteiger partial charge in [-0.3, -0.25) is 0 Å². The van der Waals surface area contributed by atoms with E-state index in [2.05, 4.69) is 63.2 Å². The maximum absolute atomic E-state index is 4.70. The summed E-state index contributed by atoms with van der Waals surface area (Å²) in [6, 6.07) is 6.75. The first kappa shape index (κ1) is 15.0. The fourth-order valence-corrected chi connectivity index (χ4v) is 1.78. The van der Waals surface area contributed by atoms with E-state index < -0.39 is 0 Å². The third-order valence-corrected chi connectivity index (χ3v) is 3.16. The molecule has 1 rings (SSSR count). The van der Waals surface area contributed by atoms with E-state index in [1.807, 2.05) is 0 Å². The molecule has 18 heavy (non-hydrogen) atoms. The van der Waals surface area contributed by atoms with Gasteiger partial charge in [0.15, 0.2) is 0 Å². The molecule has 0 radical (unpaired) electrons. The van der Waals surface area contributed by atoms with E-state index in [1.165, 1.54) is 6.42 Å². The Kier molecular flexibility index (Phi) is 6.13. The Labute approximate surface area is 112 Å². The summed E-state index contributed by atoms with van der Waals surface area (Å²) in [6.07, 6.45) is 1.21. The molecule has 0 aliphatic rings. The molecule has 1 aromatic rings. The predicted molar refractivity (Wildman–Crippen MR) is 78.9 cm³/mol. The molecule has 0 amide bonds. The van der Waals surface area contributed by atoms with Crippen LogP contribution in [0.3, 0.4) is 0 Å². The normalized spacial score (nSPS) is 12.8. The van der Waals surface area contributed by atoms with Crippen LogP contribution in [0.1, 0.15) is 39.8 Å². The molecular weight excluding hydrogens is 222 g/mol. The van der Waals surface area contributed by atoms with Crippen molar-refractivity contribution in [3.63, 3.8) is 0 Å². The van der Waals surface area contributed by atoms with Gasteiger partial charge in [0.1, 0.15) is 5.82 Å². The average Bonchev–Trinajstić information content (AvgIpc) is 2.36. The zero-order valence-corrected chi connectivity index (χ0v) is 12.4. The fraction of sp³-hybridized carbons (Fsp3) is 0.667. The first-order valence-corrected chi connectivity index (χ1v) is 6.93. The molecule has 1 aromatic heterocycles. The summed E-state index contributed by atoms with van der Waals surface area (Å²) in [5.41, 5.74) is 1.11. The van der Waals surface area contributed by atoms with Gasteiger partial charge >= 0.3 is 0 Å². The van der Waals surface area contributed by atoms with Gasteiger partial charge in [-0.2, -0.15) is 0 Å². The van der Waals surface area contributed by atoms with E-state index in [-0.39, 0.29) is 0 Å². The van der Waals surface area contributed by atoms with Crippen LogP contribution in [-0.2, 0) is 6.54 Å². The van der Waals surface area contributed by atoms with Gasteiger partial charge in [0.2, 0.25) is 0 Å². The minimum Gasteiger partial charge on any atom is -0.359 e. The molecule has 0 spiro atoms. The molecule has 1 N–H and O–H groups in total. The third kappa shape index (κ3) is 5.05. The third-order valence-electron chi connectivity index (χ3n) is 3.16. The van der Waals surface area contributed by atoms with Crippen molar-refractivity contribution in [2.45, 2.75) is 46.7 Å². The fourth-order valence-electron chi connectivity index (χ4n) is 1.78. The summed E-state index contributed by atoms with van der Waals surface area (Å²) < 4.78 is 0. The first-order valence-electron chi connectivity index (χ1n) is 6.93. The highest BCUT2D eigenvalue weighted by molar-refractivity contribution is 5.38. The van der Waals surface area contributed by atoms with E-state index in [9.17, 15) is 0 Å². The van der Waals surface area contributed by atoms with Crippen molar-refractivity contribution in [3.05, 3.63) is 23.9 Å². The zero-order chi connectivity index (χ0) is 13.5. The Bertz CT molecular complexity index is 349. The lowest BCUT2D eigenvalue weighted by molar-refractivity contribution is 0.555. The van der Waals surface area contributed by atoms with Crippen molar-refractivity contribution in [2.24, 2.45) is 5.92 Å². The molecule has 3 nitrogen and oxygen atoms in total. The Hall–Kier alpha value is -1.09. The van der Waals surface area contributed by atoms with Crippen molar-refractivity contribution in [1.82, 2.24) is 10.3 Å². The van der Waals surface area contributed by atoms with Gasteiger partial charge in [-0.1, -0.05) is 40.2 Å². The van der Waals surface area contributed by atoms with Crippen molar-refractivity contribution in [3.8, 4) is 0 Å². The molecule has 1 unspecified atom stereocenters. The highest BCUT2D eigenvalue weighted by Crippen LogP contribution is 2.13. The molecule has 0 aliphatic heterocycles. The maximum Gasteiger partial charge on any atom is 0.128 e. The molecule has 102 valence electrons. The van der Waals surface area contributed by atoms with Gasteiger partial charge in [-0.25, -0.2) is 4.98 Å². The summed E-state index contributed by atoms with van der Waals surface area (Å²) in [4.78, 5) is 6.94. The maximum atomic E-state index is 4.70. The number of anilines is 1. The SMILES string of the molecule is CCC(C)CN(C)c1cccc(CNC(C)C)n1. The minimum atomic E-state index is 0.494. The monoisotopic (exact) mass is 249 g/mol. The zero-order valence-electron chi connectivity index (χ0n) is 12.4. The second-order valence-electron chi connectivity index (χ2n) is 5.42. The number of nitrogens with zero attached hydrogens (tertiary/aromatic N) is 2. The largest absolute Gasteiger partial charge is 0.359 e. The molecule has 0 aromatic carbocycles. The Morgan fingerprint density at radius 1 is 1.28 bits per heavy atom. The van der Waals surface area contributed by atoms with Gasteiger partial charge in [-0.15, -0.1) is 0 Å². The second kappa shape index (κ2) is 7.37. The first-order chi connectivity index (χ1) is 8.52. The lowest BCUT2D eigenvalue weighted by Crippen LogP contribution is -2.26. The quantitative estimate of drug-likeness (QED) is 0.805. The van der Waals surface area contributed by atoms with E-state index in [0.717, 1.165) is 24.6 Å². The summed E-state index contributed by atoms with van der Waals surface area (Å²) in [5, 5.41) is 3.40. The van der Waals surface area contributed by atoms with Crippen LogP contribution in [-0.4, -0.2) is 24.6 Å². The standard InChI is InChI=1S/C15H27N3/c1-6-13(4)11-18(5)15-9-7-8-14(17-15)10-16-12(2)3/h7-9,12-13,16H,6,10-11H2,1-5H3. The minimum absolute atomic E-state index is 0.494. The summed E-state index contributed by atoms with van der Waals surface area (Å²) >= 11 is 0. The second-order valence-corrected chi connectivity index (χ2v) is 5.42. The van der Waals surface area contributed by atoms with Crippen molar-refractivity contribution in [2.75, 3.05) is 18.5 Å². The highest BCUT2D eigenvalue weighted by atomic mass is 15.2. The van der Waals surface area contributed by atoms with E-state index >= 15 is 0 Å². The molecule has 1 atom stereocenters. The van der Waals surface area contributed by atoms with Crippen LogP contribution in [0.5, 0.6) is 0 Å². The van der Waals surface area contributed by atoms with Gasteiger partial charge in [-0.05, 0) is 18.1 Å². The van der Waals surface area contributed by atoms with E-state index in [1.54, 1.807) is 0 Å². The number of hydrogen-bond acceptors (Lipinski definition) is 3. The van der Waals surface area contributed by atoms with Crippen LogP contribution < -0.4 is 10.2 Å². The van der Waals surface area contributed by atoms with Gasteiger partial charge < -0.3 is 10.2 Å². The average molecular weight is 249 g/mol. The van der Waals surface area contributed by atoms with Crippen LogP contribution in [0.15, 0.2) is 18.2 Å². The number of rotatable bonds is 7. The van der Waals surface area contributed by atoms with Crippen LogP contribution in [0, 0.1) is 5.92 Å². The van der Waals surface area contributed by atoms with Crippen molar-refractivity contribution < 1.29 is 0 Å². The lowest BCUT2D eigenvalue weighted by Gasteiger charge is -2.22. The van der Waals surface area contributed by atoms with Gasteiger partial charge in [0.25, 0.3) is 0 Å². The lowest BCUT2D eigenvalue weighted by atomic mass is 10.1. The smallest absolute Gasteiger partial charge is 0.128 e. The van der Waals surface area contributed by atoms with Gasteiger partial charge in [0.05, 0.1) is 5.69 Å². The van der Waals surface area contributed by atoms with Gasteiger partial charge in [0, 0.05) is 26.2 Å². The Balaban J connectivity index is 2.63. The van der Waals surface area contributed by atoms with Crippen LogP contribution in [0.4, 0.5) is 5.82 Å². The molecule has 1 heterocycles. The molecule has 0 fully saturated rings. The molecule has 3 heteroatoms. The molecular formula is C15H27N3. The summed E-state index contributed by atoms with van der Waals surface area (Å²) in [5.74, 6) is 1.77. The summed E-state index contributed by atoms with van der Waals surface area (Å²) in [6.45, 7) is 10.7. The molecule has 0 saturated carbocycles. The van der Waals surface area contributed by atoms with E-state index in [4.69, 9.17) is 4.98 Å². The van der Waals surface area contributed by atoms with Crippen molar-refractivity contribution >= 4 is 5.82 Å². The van der Waals surface area contributed by atoms with E-state index in [0.29, 0.717) is 12.0 Å². The Morgan fingerprint density at radius 2 is 2.00 bits per heavy atom. The van der Waals surface area contributed by atoms with Crippen LogP contribution >= 0.6 is 0 Å². The predicted octanol–water partition coefficient (Wildman–Crippen LogP) is 3.06. The van der Waals surface area contributed by atoms with Crippen LogP contribution in [0.2, 0.25) is 0 Å². The number of hydrogen-bond donors (Lipinski definition) is 1. The molecule has 0 bridgehead atoms. The molecule has 0 aliphatic carbocycles.